The Kier molecular flexibility index (Phi) is 5.37. The van der Waals surface area contributed by atoms with E-state index in [1.807, 2.05) is 61.0 Å². The average molecular weight is 408 g/mol. The van der Waals surface area contributed by atoms with Gasteiger partial charge < -0.3 is 5.32 Å². The fraction of sp³-hybridized carbons (Fsp3) is 0.304. The number of anilines is 1. The van der Waals surface area contributed by atoms with Gasteiger partial charge in [-0.1, -0.05) is 55.0 Å². The first-order chi connectivity index (χ1) is 14.0. The molecular formula is C23H25N3O2S. The van der Waals surface area contributed by atoms with Crippen LogP contribution in [-0.4, -0.2) is 19.9 Å². The Bertz CT molecular complexity index is 1090. The molecular weight excluding hydrogens is 382 g/mol. The standard InChI is InChI=1S/C23H25N3O2S/c1-4-18(17-8-6-5-7-9-17)23(27)24-22-19-13-29(28)14-20(19)25-26(22)21-11-10-15(2)12-16(21)3/h5-12,18H,4,13-14H2,1-3H3,(H,24,27). The molecule has 4 rings (SSSR count). The molecule has 0 bridgehead atoms. The second kappa shape index (κ2) is 7.95. The number of hydrogen-bond donors (Lipinski definition) is 1. The summed E-state index contributed by atoms with van der Waals surface area (Å²) in [5.74, 6) is 1.20. The van der Waals surface area contributed by atoms with Gasteiger partial charge in [0.25, 0.3) is 0 Å². The normalized spacial score (nSPS) is 16.4. The number of nitrogens with zero attached hydrogens (tertiary/aromatic N) is 2. The minimum absolute atomic E-state index is 0.0647. The number of rotatable bonds is 5. The SMILES string of the molecule is CCC(C(=O)Nc1c2c(nn1-c1ccc(C)cc1C)CS(=O)C2)c1ccccc1. The zero-order valence-corrected chi connectivity index (χ0v) is 17.8. The lowest BCUT2D eigenvalue weighted by Crippen LogP contribution is -2.23. The van der Waals surface area contributed by atoms with E-state index in [0.717, 1.165) is 28.1 Å². The molecule has 1 N–H and O–H groups in total. The highest BCUT2D eigenvalue weighted by Crippen LogP contribution is 2.33. The van der Waals surface area contributed by atoms with Gasteiger partial charge >= 0.3 is 0 Å². The van der Waals surface area contributed by atoms with Gasteiger partial charge in [0, 0.05) is 16.4 Å². The summed E-state index contributed by atoms with van der Waals surface area (Å²) < 4.78 is 13.9. The van der Waals surface area contributed by atoms with Crippen molar-refractivity contribution in [1.29, 1.82) is 0 Å². The van der Waals surface area contributed by atoms with Crippen molar-refractivity contribution >= 4 is 22.5 Å². The van der Waals surface area contributed by atoms with Gasteiger partial charge in [-0.3, -0.25) is 9.00 Å². The van der Waals surface area contributed by atoms with Crippen molar-refractivity contribution in [2.75, 3.05) is 5.32 Å². The molecule has 1 aliphatic heterocycles. The molecule has 1 aliphatic rings. The van der Waals surface area contributed by atoms with Crippen molar-refractivity contribution in [2.24, 2.45) is 0 Å². The highest BCUT2D eigenvalue weighted by molar-refractivity contribution is 7.83. The zero-order chi connectivity index (χ0) is 20.5. The van der Waals surface area contributed by atoms with E-state index in [0.29, 0.717) is 23.7 Å². The molecule has 0 fully saturated rings. The number of fused-ring (bicyclic) bond motifs is 1. The summed E-state index contributed by atoms with van der Waals surface area (Å²) in [4.78, 5) is 13.2. The lowest BCUT2D eigenvalue weighted by molar-refractivity contribution is -0.117. The quantitative estimate of drug-likeness (QED) is 0.682. The van der Waals surface area contributed by atoms with E-state index < -0.39 is 10.8 Å². The summed E-state index contributed by atoms with van der Waals surface area (Å²) in [6.45, 7) is 6.10. The fourth-order valence-corrected chi connectivity index (χ4v) is 5.20. The monoisotopic (exact) mass is 407 g/mol. The third kappa shape index (κ3) is 3.77. The van der Waals surface area contributed by atoms with Crippen LogP contribution in [0.1, 0.15) is 47.2 Å². The first-order valence-electron chi connectivity index (χ1n) is 9.87. The molecule has 1 amide bonds. The molecule has 3 aromatic rings. The lowest BCUT2D eigenvalue weighted by atomic mass is 9.95. The van der Waals surface area contributed by atoms with Gasteiger partial charge in [0.15, 0.2) is 0 Å². The van der Waals surface area contributed by atoms with Gasteiger partial charge in [-0.2, -0.15) is 5.10 Å². The summed E-state index contributed by atoms with van der Waals surface area (Å²) in [7, 11) is -0.963. The fourth-order valence-electron chi connectivity index (χ4n) is 3.94. The van der Waals surface area contributed by atoms with Crippen molar-refractivity contribution in [3.63, 3.8) is 0 Å². The van der Waals surface area contributed by atoms with E-state index in [4.69, 9.17) is 5.10 Å². The number of amides is 1. The van der Waals surface area contributed by atoms with Crippen LogP contribution in [-0.2, 0) is 27.1 Å². The number of aryl methyl sites for hydroxylation is 2. The maximum atomic E-state index is 13.2. The molecule has 0 radical (unpaired) electrons. The van der Waals surface area contributed by atoms with Crippen LogP contribution >= 0.6 is 0 Å². The number of hydrogen-bond acceptors (Lipinski definition) is 3. The number of carbonyl (C=O) groups excluding carboxylic acids is 1. The first-order valence-corrected chi connectivity index (χ1v) is 11.4. The van der Waals surface area contributed by atoms with E-state index >= 15 is 0 Å². The second-order valence-corrected chi connectivity index (χ2v) is 9.02. The Balaban J connectivity index is 1.74. The number of benzene rings is 2. The zero-order valence-electron chi connectivity index (χ0n) is 16.9. The van der Waals surface area contributed by atoms with E-state index in [1.54, 1.807) is 0 Å². The lowest BCUT2D eigenvalue weighted by Gasteiger charge is -2.18. The molecule has 150 valence electrons. The van der Waals surface area contributed by atoms with Crippen LogP contribution in [0.5, 0.6) is 0 Å². The molecule has 2 heterocycles. The van der Waals surface area contributed by atoms with Crippen LogP contribution in [0.4, 0.5) is 5.82 Å². The summed E-state index contributed by atoms with van der Waals surface area (Å²) in [5, 5.41) is 7.85. The number of aromatic nitrogens is 2. The maximum Gasteiger partial charge on any atom is 0.233 e. The minimum atomic E-state index is -0.963. The van der Waals surface area contributed by atoms with E-state index in [9.17, 15) is 9.00 Å². The van der Waals surface area contributed by atoms with Gasteiger partial charge in [0.2, 0.25) is 5.91 Å². The Morgan fingerprint density at radius 1 is 1.17 bits per heavy atom. The third-order valence-corrected chi connectivity index (χ3v) is 6.62. The molecule has 0 saturated heterocycles. The largest absolute Gasteiger partial charge is 0.310 e. The average Bonchev–Trinajstić information content (AvgIpc) is 3.20. The topological polar surface area (TPSA) is 64.0 Å². The highest BCUT2D eigenvalue weighted by atomic mass is 32.2. The smallest absolute Gasteiger partial charge is 0.233 e. The Morgan fingerprint density at radius 3 is 2.62 bits per heavy atom. The van der Waals surface area contributed by atoms with Gasteiger partial charge in [-0.25, -0.2) is 4.68 Å². The summed E-state index contributed by atoms with van der Waals surface area (Å²) in [6, 6.07) is 16.0. The maximum absolute atomic E-state index is 13.2. The highest BCUT2D eigenvalue weighted by Gasteiger charge is 2.30. The number of carbonyl (C=O) groups is 1. The molecule has 2 aromatic carbocycles. The molecule has 6 heteroatoms. The molecule has 29 heavy (non-hydrogen) atoms. The van der Waals surface area contributed by atoms with Gasteiger partial charge in [-0.05, 0) is 37.5 Å². The van der Waals surface area contributed by atoms with E-state index in [-0.39, 0.29) is 11.8 Å². The molecule has 1 aromatic heterocycles. The first kappa shape index (κ1) is 19.6. The van der Waals surface area contributed by atoms with Gasteiger partial charge in [-0.15, -0.1) is 0 Å². The van der Waals surface area contributed by atoms with Gasteiger partial charge in [0.1, 0.15) is 5.82 Å². The van der Waals surface area contributed by atoms with Gasteiger partial charge in [0.05, 0.1) is 28.8 Å². The Labute approximate surface area is 173 Å². The molecule has 2 atom stereocenters. The summed E-state index contributed by atoms with van der Waals surface area (Å²) >= 11 is 0. The Hall–Kier alpha value is -2.73. The van der Waals surface area contributed by atoms with Crippen molar-refractivity contribution < 1.29 is 9.00 Å². The predicted molar refractivity (Wildman–Crippen MR) is 117 cm³/mol. The molecule has 0 spiro atoms. The van der Waals surface area contributed by atoms with Crippen LogP contribution in [0.25, 0.3) is 5.69 Å². The van der Waals surface area contributed by atoms with E-state index in [1.165, 1.54) is 5.56 Å². The minimum Gasteiger partial charge on any atom is -0.310 e. The van der Waals surface area contributed by atoms with E-state index in [2.05, 4.69) is 18.3 Å². The van der Waals surface area contributed by atoms with Crippen molar-refractivity contribution in [3.05, 3.63) is 76.5 Å². The van der Waals surface area contributed by atoms with Crippen molar-refractivity contribution in [1.82, 2.24) is 9.78 Å². The predicted octanol–water partition coefficient (Wildman–Crippen LogP) is 4.38. The molecule has 0 saturated carbocycles. The third-order valence-electron chi connectivity index (χ3n) is 5.42. The summed E-state index contributed by atoms with van der Waals surface area (Å²) in [6.07, 6.45) is 0.696. The van der Waals surface area contributed by atoms with Crippen LogP contribution in [0.3, 0.4) is 0 Å². The number of nitrogens with one attached hydrogen (secondary N) is 1. The molecule has 0 aliphatic carbocycles. The molecule has 2 unspecified atom stereocenters. The van der Waals surface area contributed by atoms with Crippen molar-refractivity contribution in [3.8, 4) is 5.69 Å². The van der Waals surface area contributed by atoms with Crippen molar-refractivity contribution in [2.45, 2.75) is 44.6 Å². The van der Waals surface area contributed by atoms with Crippen LogP contribution in [0.2, 0.25) is 0 Å². The van der Waals surface area contributed by atoms with Crippen LogP contribution < -0.4 is 5.32 Å². The van der Waals surface area contributed by atoms with Crippen LogP contribution in [0, 0.1) is 13.8 Å². The van der Waals surface area contributed by atoms with Crippen LogP contribution in [0.15, 0.2) is 48.5 Å². The summed E-state index contributed by atoms with van der Waals surface area (Å²) in [5.41, 5.74) is 5.88. The second-order valence-electron chi connectivity index (χ2n) is 7.56. The Morgan fingerprint density at radius 2 is 1.93 bits per heavy atom. The molecule has 5 nitrogen and oxygen atoms in total.